The second-order valence-corrected chi connectivity index (χ2v) is 6.76. The molecule has 25 heavy (non-hydrogen) atoms. The molecule has 0 bridgehead atoms. The molecule has 132 valence electrons. The highest BCUT2D eigenvalue weighted by Crippen LogP contribution is 2.26. The minimum atomic E-state index is -0.734. The van der Waals surface area contributed by atoms with Crippen LogP contribution in [-0.2, 0) is 9.59 Å². The number of amides is 2. The fourth-order valence-electron chi connectivity index (χ4n) is 1.99. The highest BCUT2D eigenvalue weighted by atomic mass is 79.9. The zero-order valence-electron chi connectivity index (χ0n) is 13.8. The van der Waals surface area contributed by atoms with Crippen LogP contribution in [-0.4, -0.2) is 24.5 Å². The number of hydrogen-bond donors (Lipinski definition) is 2. The van der Waals surface area contributed by atoms with Crippen LogP contribution >= 0.6 is 27.5 Å². The lowest BCUT2D eigenvalue weighted by molar-refractivity contribution is -0.129. The number of benzene rings is 2. The predicted molar refractivity (Wildman–Crippen MR) is 102 cm³/mol. The summed E-state index contributed by atoms with van der Waals surface area (Å²) in [5, 5.41) is 5.80. The van der Waals surface area contributed by atoms with Crippen LogP contribution in [0.25, 0.3) is 0 Å². The summed E-state index contributed by atoms with van der Waals surface area (Å²) in [5.74, 6) is -0.142. The molecule has 2 amide bonds. The number of hydrogen-bond acceptors (Lipinski definition) is 3. The number of aryl methyl sites for hydroxylation is 1. The number of ether oxygens (including phenoxy) is 1. The maximum atomic E-state index is 12.1. The van der Waals surface area contributed by atoms with Gasteiger partial charge in [-0.25, -0.2) is 0 Å². The number of anilines is 1. The summed E-state index contributed by atoms with van der Waals surface area (Å²) < 4.78 is 6.39. The second-order valence-electron chi connectivity index (χ2n) is 5.47. The molecular formula is C18H18BrClN2O3. The van der Waals surface area contributed by atoms with Crippen LogP contribution in [0.3, 0.4) is 0 Å². The SMILES string of the molecule is Cc1ccc(OC(C)C(=O)NCC(=O)Nc2ccc(Cl)cc2)c(Br)c1. The van der Waals surface area contributed by atoms with Gasteiger partial charge in [-0.2, -0.15) is 0 Å². The van der Waals surface area contributed by atoms with Gasteiger partial charge in [0, 0.05) is 10.7 Å². The van der Waals surface area contributed by atoms with Crippen LogP contribution in [0.5, 0.6) is 5.75 Å². The van der Waals surface area contributed by atoms with Crippen molar-refractivity contribution in [2.75, 3.05) is 11.9 Å². The molecule has 2 aromatic carbocycles. The lowest BCUT2D eigenvalue weighted by Crippen LogP contribution is -2.40. The quantitative estimate of drug-likeness (QED) is 0.737. The molecule has 0 aliphatic heterocycles. The topological polar surface area (TPSA) is 67.4 Å². The fraction of sp³-hybridized carbons (Fsp3) is 0.222. The zero-order valence-corrected chi connectivity index (χ0v) is 16.1. The minimum absolute atomic E-state index is 0.149. The van der Waals surface area contributed by atoms with Gasteiger partial charge in [-0.15, -0.1) is 0 Å². The summed E-state index contributed by atoms with van der Waals surface area (Å²) >= 11 is 9.18. The summed E-state index contributed by atoms with van der Waals surface area (Å²) in [6.07, 6.45) is -0.734. The van der Waals surface area contributed by atoms with E-state index in [0.29, 0.717) is 16.5 Å². The van der Waals surface area contributed by atoms with Gasteiger partial charge in [0.15, 0.2) is 6.10 Å². The Labute approximate surface area is 159 Å². The molecule has 0 radical (unpaired) electrons. The molecule has 0 fully saturated rings. The van der Waals surface area contributed by atoms with Crippen molar-refractivity contribution in [2.24, 2.45) is 0 Å². The van der Waals surface area contributed by atoms with E-state index < -0.39 is 6.10 Å². The Morgan fingerprint density at radius 1 is 1.20 bits per heavy atom. The highest BCUT2D eigenvalue weighted by Gasteiger charge is 2.17. The van der Waals surface area contributed by atoms with Crippen LogP contribution < -0.4 is 15.4 Å². The minimum Gasteiger partial charge on any atom is -0.480 e. The van der Waals surface area contributed by atoms with Gasteiger partial charge in [-0.1, -0.05) is 17.7 Å². The van der Waals surface area contributed by atoms with Crippen molar-refractivity contribution in [1.82, 2.24) is 5.32 Å². The van der Waals surface area contributed by atoms with Gasteiger partial charge in [0.25, 0.3) is 5.91 Å². The molecule has 2 rings (SSSR count). The standard InChI is InChI=1S/C18H18BrClN2O3/c1-11-3-8-16(15(19)9-11)25-12(2)18(24)21-10-17(23)22-14-6-4-13(20)5-7-14/h3-9,12H,10H2,1-2H3,(H,21,24)(H,22,23). The molecule has 7 heteroatoms. The number of nitrogens with one attached hydrogen (secondary N) is 2. The fourth-order valence-corrected chi connectivity index (χ4v) is 2.71. The van der Waals surface area contributed by atoms with Crippen LogP contribution in [0.2, 0.25) is 5.02 Å². The molecule has 0 aliphatic rings. The van der Waals surface area contributed by atoms with Crippen molar-refractivity contribution in [3.8, 4) is 5.75 Å². The Morgan fingerprint density at radius 2 is 1.88 bits per heavy atom. The normalized spacial score (nSPS) is 11.5. The Balaban J connectivity index is 1.82. The molecule has 5 nitrogen and oxygen atoms in total. The van der Waals surface area contributed by atoms with Gasteiger partial charge in [0.1, 0.15) is 5.75 Å². The molecule has 0 saturated carbocycles. The molecule has 1 unspecified atom stereocenters. The Bertz CT molecular complexity index is 765. The summed E-state index contributed by atoms with van der Waals surface area (Å²) in [6.45, 7) is 3.44. The largest absolute Gasteiger partial charge is 0.480 e. The van der Waals surface area contributed by atoms with Gasteiger partial charge in [0.05, 0.1) is 11.0 Å². The van der Waals surface area contributed by atoms with E-state index >= 15 is 0 Å². The average Bonchev–Trinajstić information content (AvgIpc) is 2.57. The molecule has 2 N–H and O–H groups in total. The molecular weight excluding hydrogens is 408 g/mol. The molecule has 2 aromatic rings. The molecule has 0 heterocycles. The Morgan fingerprint density at radius 3 is 2.52 bits per heavy atom. The van der Waals surface area contributed by atoms with Crippen LogP contribution in [0.4, 0.5) is 5.69 Å². The van der Waals surface area contributed by atoms with Crippen LogP contribution in [0, 0.1) is 6.92 Å². The monoisotopic (exact) mass is 424 g/mol. The van der Waals surface area contributed by atoms with E-state index in [1.54, 1.807) is 37.3 Å². The average molecular weight is 426 g/mol. The van der Waals surface area contributed by atoms with Gasteiger partial charge in [0.2, 0.25) is 5.91 Å². The first kappa shape index (κ1) is 19.3. The lowest BCUT2D eigenvalue weighted by atomic mass is 10.2. The lowest BCUT2D eigenvalue weighted by Gasteiger charge is -2.16. The first-order valence-electron chi connectivity index (χ1n) is 7.61. The van der Waals surface area contributed by atoms with Gasteiger partial charge < -0.3 is 15.4 Å². The molecule has 0 aliphatic carbocycles. The van der Waals surface area contributed by atoms with Crippen molar-refractivity contribution >= 4 is 45.0 Å². The molecule has 0 aromatic heterocycles. The smallest absolute Gasteiger partial charge is 0.261 e. The summed E-state index contributed by atoms with van der Waals surface area (Å²) in [4.78, 5) is 23.9. The van der Waals surface area contributed by atoms with Gasteiger partial charge >= 0.3 is 0 Å². The van der Waals surface area contributed by atoms with Crippen molar-refractivity contribution in [3.05, 3.63) is 57.5 Å². The Kier molecular flexibility index (Phi) is 6.84. The summed E-state index contributed by atoms with van der Waals surface area (Å²) in [5.41, 5.74) is 1.69. The van der Waals surface area contributed by atoms with Crippen molar-refractivity contribution in [3.63, 3.8) is 0 Å². The van der Waals surface area contributed by atoms with E-state index in [0.717, 1.165) is 10.0 Å². The molecule has 0 spiro atoms. The zero-order chi connectivity index (χ0) is 18.4. The van der Waals surface area contributed by atoms with E-state index in [-0.39, 0.29) is 18.4 Å². The van der Waals surface area contributed by atoms with Crippen molar-refractivity contribution < 1.29 is 14.3 Å². The number of carbonyl (C=O) groups excluding carboxylic acids is 2. The summed E-state index contributed by atoms with van der Waals surface area (Å²) in [6, 6.07) is 12.3. The van der Waals surface area contributed by atoms with Crippen molar-refractivity contribution in [2.45, 2.75) is 20.0 Å². The van der Waals surface area contributed by atoms with E-state index in [1.165, 1.54) is 0 Å². The number of carbonyl (C=O) groups is 2. The van der Waals surface area contributed by atoms with E-state index in [2.05, 4.69) is 26.6 Å². The van der Waals surface area contributed by atoms with Gasteiger partial charge in [-0.3, -0.25) is 9.59 Å². The first-order valence-corrected chi connectivity index (χ1v) is 8.78. The predicted octanol–water partition coefficient (Wildman–Crippen LogP) is 3.93. The molecule has 1 atom stereocenters. The third-order valence-electron chi connectivity index (χ3n) is 3.31. The Hall–Kier alpha value is -2.05. The molecule has 0 saturated heterocycles. The van der Waals surface area contributed by atoms with E-state index in [9.17, 15) is 9.59 Å². The maximum Gasteiger partial charge on any atom is 0.261 e. The second kappa shape index (κ2) is 8.87. The third-order valence-corrected chi connectivity index (χ3v) is 4.18. The van der Waals surface area contributed by atoms with Gasteiger partial charge in [-0.05, 0) is 71.7 Å². The van der Waals surface area contributed by atoms with E-state index in [4.69, 9.17) is 16.3 Å². The number of rotatable bonds is 6. The van der Waals surface area contributed by atoms with Crippen molar-refractivity contribution in [1.29, 1.82) is 0 Å². The van der Waals surface area contributed by atoms with Crippen LogP contribution in [0.15, 0.2) is 46.9 Å². The maximum absolute atomic E-state index is 12.1. The van der Waals surface area contributed by atoms with Crippen LogP contribution in [0.1, 0.15) is 12.5 Å². The number of halogens is 2. The highest BCUT2D eigenvalue weighted by molar-refractivity contribution is 9.10. The summed E-state index contributed by atoms with van der Waals surface area (Å²) in [7, 11) is 0. The first-order chi connectivity index (χ1) is 11.8. The van der Waals surface area contributed by atoms with E-state index in [1.807, 2.05) is 19.1 Å². The third kappa shape index (κ3) is 6.07.